The molecular formula is C11H14N2OS. The van der Waals surface area contributed by atoms with Gasteiger partial charge in [-0.25, -0.2) is 0 Å². The Morgan fingerprint density at radius 3 is 2.93 bits per heavy atom. The molecule has 1 heterocycles. The average Bonchev–Trinajstić information content (AvgIpc) is 2.67. The van der Waals surface area contributed by atoms with Crippen LogP contribution in [0.5, 0.6) is 0 Å². The van der Waals surface area contributed by atoms with Gasteiger partial charge in [-0.1, -0.05) is 18.2 Å². The minimum atomic E-state index is -0.249. The summed E-state index contributed by atoms with van der Waals surface area (Å²) < 4.78 is 0. The maximum atomic E-state index is 11.3. The normalized spacial score (nSPS) is 20.6. The van der Waals surface area contributed by atoms with E-state index in [-0.39, 0.29) is 11.3 Å². The van der Waals surface area contributed by atoms with Gasteiger partial charge in [-0.05, 0) is 18.6 Å². The van der Waals surface area contributed by atoms with Crippen LogP contribution in [-0.4, -0.2) is 23.6 Å². The summed E-state index contributed by atoms with van der Waals surface area (Å²) in [6, 6.07) is 8.08. The van der Waals surface area contributed by atoms with Gasteiger partial charge in [-0.2, -0.15) is 0 Å². The number of hydrogen-bond donors (Lipinski definition) is 1. The van der Waals surface area contributed by atoms with E-state index in [1.807, 2.05) is 18.2 Å². The minimum Gasteiger partial charge on any atom is -0.367 e. The van der Waals surface area contributed by atoms with E-state index in [0.29, 0.717) is 0 Å². The number of primary amides is 1. The number of rotatable bonds is 2. The SMILES string of the molecule is Cc1ccccc1N1CCSC1C(N)=O. The molecule has 1 aliphatic rings. The van der Waals surface area contributed by atoms with Crippen LogP contribution >= 0.6 is 11.8 Å². The molecule has 2 rings (SSSR count). The molecule has 0 aromatic heterocycles. The van der Waals surface area contributed by atoms with E-state index in [2.05, 4.69) is 17.9 Å². The molecule has 15 heavy (non-hydrogen) atoms. The van der Waals surface area contributed by atoms with Crippen LogP contribution in [0, 0.1) is 6.92 Å². The summed E-state index contributed by atoms with van der Waals surface area (Å²) in [6.45, 7) is 2.94. The van der Waals surface area contributed by atoms with Crippen LogP contribution in [0.25, 0.3) is 0 Å². The first-order valence-corrected chi connectivity index (χ1v) is 5.98. The predicted molar refractivity (Wildman–Crippen MR) is 64.0 cm³/mol. The number of benzene rings is 1. The van der Waals surface area contributed by atoms with Gasteiger partial charge in [0.15, 0.2) is 5.37 Å². The summed E-state index contributed by atoms with van der Waals surface area (Å²) in [5, 5.41) is -0.203. The Kier molecular flexibility index (Phi) is 2.86. The smallest absolute Gasteiger partial charge is 0.250 e. The van der Waals surface area contributed by atoms with Gasteiger partial charge in [-0.15, -0.1) is 11.8 Å². The third kappa shape index (κ3) is 1.95. The lowest BCUT2D eigenvalue weighted by Crippen LogP contribution is -2.39. The standard InChI is InChI=1S/C11H14N2OS/c1-8-4-2-3-5-9(8)13-6-7-15-11(13)10(12)14/h2-5,11H,6-7H2,1H3,(H2,12,14). The van der Waals surface area contributed by atoms with E-state index >= 15 is 0 Å². The quantitative estimate of drug-likeness (QED) is 0.822. The van der Waals surface area contributed by atoms with Gasteiger partial charge in [0.2, 0.25) is 0 Å². The molecule has 0 radical (unpaired) electrons. The Balaban J connectivity index is 2.30. The van der Waals surface area contributed by atoms with E-state index in [1.54, 1.807) is 11.8 Å². The molecule has 0 aliphatic carbocycles. The van der Waals surface area contributed by atoms with Crippen molar-refractivity contribution in [3.63, 3.8) is 0 Å². The number of para-hydroxylation sites is 1. The zero-order valence-electron chi connectivity index (χ0n) is 8.64. The first-order valence-electron chi connectivity index (χ1n) is 4.93. The third-order valence-electron chi connectivity index (χ3n) is 2.56. The monoisotopic (exact) mass is 222 g/mol. The first-order chi connectivity index (χ1) is 7.20. The second-order valence-electron chi connectivity index (χ2n) is 3.61. The maximum absolute atomic E-state index is 11.3. The summed E-state index contributed by atoms with van der Waals surface area (Å²) in [4.78, 5) is 13.3. The second-order valence-corrected chi connectivity index (χ2v) is 4.79. The van der Waals surface area contributed by atoms with Gasteiger partial charge >= 0.3 is 0 Å². The Morgan fingerprint density at radius 1 is 1.53 bits per heavy atom. The summed E-state index contributed by atoms with van der Waals surface area (Å²) in [5.41, 5.74) is 7.68. The van der Waals surface area contributed by atoms with Crippen molar-refractivity contribution in [1.29, 1.82) is 0 Å². The Morgan fingerprint density at radius 2 is 2.27 bits per heavy atom. The van der Waals surface area contributed by atoms with Crippen LogP contribution in [0.1, 0.15) is 5.56 Å². The van der Waals surface area contributed by atoms with Crippen molar-refractivity contribution in [2.75, 3.05) is 17.2 Å². The lowest BCUT2D eigenvalue weighted by atomic mass is 10.2. The van der Waals surface area contributed by atoms with E-state index in [0.717, 1.165) is 18.0 Å². The molecule has 1 saturated heterocycles. The Hall–Kier alpha value is -1.16. The highest BCUT2D eigenvalue weighted by atomic mass is 32.2. The topological polar surface area (TPSA) is 46.3 Å². The Labute approximate surface area is 93.6 Å². The molecule has 80 valence electrons. The van der Waals surface area contributed by atoms with Crippen LogP contribution in [0.2, 0.25) is 0 Å². The molecule has 1 amide bonds. The zero-order valence-corrected chi connectivity index (χ0v) is 9.46. The molecule has 4 heteroatoms. The van der Waals surface area contributed by atoms with Crippen molar-refractivity contribution in [3.8, 4) is 0 Å². The lowest BCUT2D eigenvalue weighted by molar-refractivity contribution is -0.117. The molecule has 1 unspecified atom stereocenters. The van der Waals surface area contributed by atoms with Crippen molar-refractivity contribution in [1.82, 2.24) is 0 Å². The summed E-state index contributed by atoms with van der Waals surface area (Å²) in [5.74, 6) is 0.711. The number of thioether (sulfide) groups is 1. The molecule has 1 aromatic carbocycles. The van der Waals surface area contributed by atoms with Crippen molar-refractivity contribution in [2.45, 2.75) is 12.3 Å². The fourth-order valence-corrected chi connectivity index (χ4v) is 2.93. The lowest BCUT2D eigenvalue weighted by Gasteiger charge is -2.24. The molecule has 1 aliphatic heterocycles. The van der Waals surface area contributed by atoms with E-state index in [4.69, 9.17) is 5.73 Å². The van der Waals surface area contributed by atoms with Gasteiger partial charge < -0.3 is 10.6 Å². The van der Waals surface area contributed by atoms with Crippen molar-refractivity contribution in [3.05, 3.63) is 29.8 Å². The van der Waals surface area contributed by atoms with Gasteiger partial charge in [0, 0.05) is 18.0 Å². The van der Waals surface area contributed by atoms with Gasteiger partial charge in [0.25, 0.3) is 5.91 Å². The molecular weight excluding hydrogens is 208 g/mol. The van der Waals surface area contributed by atoms with E-state index < -0.39 is 0 Å². The first kappa shape index (κ1) is 10.4. The van der Waals surface area contributed by atoms with Gasteiger partial charge in [0.05, 0.1) is 0 Å². The van der Waals surface area contributed by atoms with Crippen LogP contribution < -0.4 is 10.6 Å². The molecule has 1 fully saturated rings. The number of aryl methyl sites for hydroxylation is 1. The number of carbonyl (C=O) groups excluding carboxylic acids is 1. The van der Waals surface area contributed by atoms with Crippen LogP contribution in [-0.2, 0) is 4.79 Å². The maximum Gasteiger partial charge on any atom is 0.250 e. The number of anilines is 1. The van der Waals surface area contributed by atoms with Gasteiger partial charge in [0.1, 0.15) is 0 Å². The molecule has 0 saturated carbocycles. The second kappa shape index (κ2) is 4.14. The highest BCUT2D eigenvalue weighted by Crippen LogP contribution is 2.31. The fourth-order valence-electron chi connectivity index (χ4n) is 1.84. The number of nitrogens with zero attached hydrogens (tertiary/aromatic N) is 1. The number of nitrogens with two attached hydrogens (primary N) is 1. The molecule has 1 atom stereocenters. The fraction of sp³-hybridized carbons (Fsp3) is 0.364. The molecule has 0 bridgehead atoms. The Bertz CT molecular complexity index is 381. The number of hydrogen-bond acceptors (Lipinski definition) is 3. The summed E-state index contributed by atoms with van der Waals surface area (Å²) in [7, 11) is 0. The minimum absolute atomic E-state index is 0.203. The van der Waals surface area contributed by atoms with Crippen molar-refractivity contribution < 1.29 is 4.79 Å². The third-order valence-corrected chi connectivity index (χ3v) is 3.78. The highest BCUT2D eigenvalue weighted by molar-refractivity contribution is 8.01. The molecule has 0 spiro atoms. The average molecular weight is 222 g/mol. The number of amides is 1. The van der Waals surface area contributed by atoms with Gasteiger partial charge in [-0.3, -0.25) is 4.79 Å². The summed E-state index contributed by atoms with van der Waals surface area (Å²) in [6.07, 6.45) is 0. The zero-order chi connectivity index (χ0) is 10.8. The molecule has 3 nitrogen and oxygen atoms in total. The van der Waals surface area contributed by atoms with E-state index in [9.17, 15) is 4.79 Å². The number of carbonyl (C=O) groups is 1. The highest BCUT2D eigenvalue weighted by Gasteiger charge is 2.30. The molecule has 1 aromatic rings. The summed E-state index contributed by atoms with van der Waals surface area (Å²) >= 11 is 1.61. The van der Waals surface area contributed by atoms with E-state index in [1.165, 1.54) is 5.56 Å². The van der Waals surface area contributed by atoms with Crippen molar-refractivity contribution >= 4 is 23.4 Å². The predicted octanol–water partition coefficient (Wildman–Crippen LogP) is 1.36. The largest absolute Gasteiger partial charge is 0.367 e. The van der Waals surface area contributed by atoms with Crippen LogP contribution in [0.15, 0.2) is 24.3 Å². The molecule has 2 N–H and O–H groups in total. The van der Waals surface area contributed by atoms with Crippen molar-refractivity contribution in [2.24, 2.45) is 5.73 Å². The van der Waals surface area contributed by atoms with Crippen LogP contribution in [0.4, 0.5) is 5.69 Å². The van der Waals surface area contributed by atoms with Crippen LogP contribution in [0.3, 0.4) is 0 Å².